The Bertz CT molecular complexity index is 496. The summed E-state index contributed by atoms with van der Waals surface area (Å²) in [5, 5.41) is 19.5. The summed E-state index contributed by atoms with van der Waals surface area (Å²) in [6, 6.07) is 8.03. The Morgan fingerprint density at radius 1 is 1.39 bits per heavy atom. The van der Waals surface area contributed by atoms with E-state index in [4.69, 9.17) is 5.11 Å². The van der Waals surface area contributed by atoms with E-state index >= 15 is 0 Å². The number of carboxylic acids is 1. The van der Waals surface area contributed by atoms with Crippen LogP contribution in [-0.2, 0) is 24.8 Å². The molecule has 94 valence electrons. The molecule has 0 amide bonds. The molecule has 1 unspecified atom stereocenters. The van der Waals surface area contributed by atoms with Gasteiger partial charge >= 0.3 is 51.4 Å². The van der Waals surface area contributed by atoms with Gasteiger partial charge in [-0.3, -0.25) is 0 Å². The monoisotopic (exact) mass is 298 g/mol. The smallest absolute Gasteiger partial charge is 0.544 e. The van der Waals surface area contributed by atoms with Gasteiger partial charge in [-0.05, 0) is 12.5 Å². The van der Waals surface area contributed by atoms with E-state index in [2.05, 4.69) is 4.18 Å². The maximum atomic E-state index is 11.4. The van der Waals surface area contributed by atoms with Crippen LogP contribution in [0.3, 0.4) is 0 Å². The first-order valence-corrected chi connectivity index (χ1v) is 6.22. The summed E-state index contributed by atoms with van der Waals surface area (Å²) in [4.78, 5) is 10.4. The molecule has 0 aliphatic carbocycles. The molecule has 0 aliphatic heterocycles. The second-order valence-corrected chi connectivity index (χ2v) is 5.11. The van der Waals surface area contributed by atoms with Crippen LogP contribution in [0.5, 0.6) is 0 Å². The number of carbonyl (C=O) groups excluding carboxylic acids is 1. The molecule has 1 aromatic carbocycles. The van der Waals surface area contributed by atoms with Gasteiger partial charge in [-0.2, -0.15) is 8.42 Å². The number of aliphatic hydroxyl groups is 1. The molecule has 1 rings (SSSR count). The third kappa shape index (κ3) is 5.89. The van der Waals surface area contributed by atoms with Gasteiger partial charge in [0.1, 0.15) is 11.7 Å². The molecule has 1 aromatic rings. The Kier molecular flexibility index (Phi) is 7.18. The molecular formula is C10H11KO6S. The Morgan fingerprint density at radius 3 is 2.33 bits per heavy atom. The molecule has 1 atom stereocenters. The molecule has 0 radical (unpaired) electrons. The van der Waals surface area contributed by atoms with Crippen LogP contribution in [0.15, 0.2) is 30.3 Å². The number of benzene rings is 1. The zero-order chi connectivity index (χ0) is 13.1. The summed E-state index contributed by atoms with van der Waals surface area (Å²) in [5.41, 5.74) is 0.418. The number of rotatable bonds is 5. The van der Waals surface area contributed by atoms with Gasteiger partial charge in [0.05, 0.1) is 0 Å². The van der Waals surface area contributed by atoms with Crippen LogP contribution < -0.4 is 56.5 Å². The number of hydrogen-bond acceptors (Lipinski definition) is 6. The summed E-state index contributed by atoms with van der Waals surface area (Å²) in [6.45, 7) is 0.685. The number of carboxylic acid groups (broad SMARTS) is 1. The van der Waals surface area contributed by atoms with Gasteiger partial charge in [-0.1, -0.05) is 30.3 Å². The minimum absolute atomic E-state index is 0. The largest absolute Gasteiger partial charge is 1.00 e. The van der Waals surface area contributed by atoms with Gasteiger partial charge in [0.2, 0.25) is 5.79 Å². The molecular weight excluding hydrogens is 287 g/mol. The van der Waals surface area contributed by atoms with Gasteiger partial charge in [-0.15, -0.1) is 0 Å². The Balaban J connectivity index is 0.00000289. The molecule has 0 saturated heterocycles. The van der Waals surface area contributed by atoms with Crippen molar-refractivity contribution in [3.63, 3.8) is 0 Å². The number of carbonyl (C=O) groups is 1. The van der Waals surface area contributed by atoms with Gasteiger partial charge in [0, 0.05) is 0 Å². The van der Waals surface area contributed by atoms with Gasteiger partial charge < -0.3 is 15.0 Å². The summed E-state index contributed by atoms with van der Waals surface area (Å²) in [5.74, 6) is -5.42. The molecule has 1 N–H and O–H groups in total. The van der Waals surface area contributed by atoms with E-state index in [1.54, 1.807) is 18.2 Å². The second kappa shape index (κ2) is 7.11. The van der Waals surface area contributed by atoms with E-state index in [0.717, 1.165) is 0 Å². The van der Waals surface area contributed by atoms with Crippen molar-refractivity contribution in [2.75, 3.05) is 0 Å². The van der Waals surface area contributed by atoms with Gasteiger partial charge in [-0.25, -0.2) is 4.18 Å². The normalized spacial score (nSPS) is 14.3. The zero-order valence-corrected chi connectivity index (χ0v) is 13.9. The fourth-order valence-electron chi connectivity index (χ4n) is 1.09. The molecule has 0 bridgehead atoms. The van der Waals surface area contributed by atoms with E-state index in [9.17, 15) is 18.3 Å². The summed E-state index contributed by atoms with van der Waals surface area (Å²) in [6.07, 6.45) is 0. The van der Waals surface area contributed by atoms with Crippen molar-refractivity contribution >= 4 is 16.1 Å². The molecule has 0 spiro atoms. The van der Waals surface area contributed by atoms with Crippen LogP contribution in [0, 0.1) is 0 Å². The summed E-state index contributed by atoms with van der Waals surface area (Å²) in [7, 11) is -4.21. The molecule has 0 aromatic heterocycles. The molecule has 18 heavy (non-hydrogen) atoms. The SMILES string of the molecule is CC(O)(OS(=O)(=O)Cc1ccccc1)C(=O)[O-].[K+]. The quantitative estimate of drug-likeness (QED) is 0.337. The predicted octanol–water partition coefficient (Wildman–Crippen LogP) is -4.00. The first-order valence-electron chi connectivity index (χ1n) is 4.64. The maximum Gasteiger partial charge on any atom is 1.00 e. The molecule has 0 heterocycles. The zero-order valence-electron chi connectivity index (χ0n) is 9.99. The fraction of sp³-hybridized carbons (Fsp3) is 0.300. The number of hydrogen-bond donors (Lipinski definition) is 1. The summed E-state index contributed by atoms with van der Waals surface area (Å²) >= 11 is 0. The van der Waals surface area contributed by atoms with Crippen molar-refractivity contribution in [2.24, 2.45) is 0 Å². The Labute approximate surface area is 148 Å². The van der Waals surface area contributed by atoms with E-state index in [1.807, 2.05) is 0 Å². The third-order valence-corrected chi connectivity index (χ3v) is 3.12. The standard InChI is InChI=1S/C10H12O6S.K/c1-10(13,9(11)12)16-17(14,15)7-8-5-3-2-4-6-8;/h2-6,13H,7H2,1H3,(H,11,12);/q;+1/p-1. The van der Waals surface area contributed by atoms with E-state index < -0.39 is 27.6 Å². The molecule has 0 aliphatic rings. The van der Waals surface area contributed by atoms with E-state index in [0.29, 0.717) is 12.5 Å². The van der Waals surface area contributed by atoms with Crippen LogP contribution in [0.1, 0.15) is 12.5 Å². The van der Waals surface area contributed by atoms with Crippen molar-refractivity contribution in [3.05, 3.63) is 35.9 Å². The first kappa shape index (κ1) is 18.2. The van der Waals surface area contributed by atoms with E-state index in [1.165, 1.54) is 12.1 Å². The van der Waals surface area contributed by atoms with Crippen molar-refractivity contribution in [1.82, 2.24) is 0 Å². The van der Waals surface area contributed by atoms with Gasteiger partial charge in [0.25, 0.3) is 10.1 Å². The van der Waals surface area contributed by atoms with Crippen molar-refractivity contribution < 1.29 is 79.0 Å². The minimum Gasteiger partial charge on any atom is -0.544 e. The average Bonchev–Trinajstić information content (AvgIpc) is 2.16. The molecule has 6 nitrogen and oxygen atoms in total. The maximum absolute atomic E-state index is 11.4. The van der Waals surface area contributed by atoms with Crippen molar-refractivity contribution in [1.29, 1.82) is 0 Å². The second-order valence-electron chi connectivity index (χ2n) is 3.54. The van der Waals surface area contributed by atoms with Crippen LogP contribution in [0.4, 0.5) is 0 Å². The molecule has 0 saturated carbocycles. The topological polar surface area (TPSA) is 104 Å². The summed E-state index contributed by atoms with van der Waals surface area (Å²) < 4.78 is 27.0. The molecule has 0 fully saturated rings. The fourth-order valence-corrected chi connectivity index (χ4v) is 2.31. The third-order valence-electron chi connectivity index (χ3n) is 1.85. The Hall–Kier alpha value is 0.196. The average molecular weight is 298 g/mol. The first-order chi connectivity index (χ1) is 7.73. The molecule has 8 heteroatoms. The van der Waals surface area contributed by atoms with Crippen molar-refractivity contribution in [2.45, 2.75) is 18.5 Å². The Morgan fingerprint density at radius 2 is 1.89 bits per heavy atom. The predicted molar refractivity (Wildman–Crippen MR) is 55.8 cm³/mol. The number of aliphatic carboxylic acids is 1. The van der Waals surface area contributed by atoms with Crippen LogP contribution in [0.2, 0.25) is 0 Å². The van der Waals surface area contributed by atoms with Crippen LogP contribution in [0.25, 0.3) is 0 Å². The van der Waals surface area contributed by atoms with Gasteiger partial charge in [0.15, 0.2) is 0 Å². The van der Waals surface area contributed by atoms with Crippen LogP contribution >= 0.6 is 0 Å². The van der Waals surface area contributed by atoms with Crippen molar-refractivity contribution in [3.8, 4) is 0 Å². The minimum atomic E-state index is -4.21. The van der Waals surface area contributed by atoms with Crippen LogP contribution in [-0.4, -0.2) is 25.3 Å². The van der Waals surface area contributed by atoms with E-state index in [-0.39, 0.29) is 51.4 Å².